The number of hydrogen-bond acceptors (Lipinski definition) is 8. The number of halogens is 4. The highest BCUT2D eigenvalue weighted by atomic mass is 32.2. The smallest absolute Gasteiger partial charge is 0.423 e. The molecule has 3 atom stereocenters. The predicted octanol–water partition coefficient (Wildman–Crippen LogP) is 1.61. The summed E-state index contributed by atoms with van der Waals surface area (Å²) in [4.78, 5) is 7.44. The fourth-order valence-corrected chi connectivity index (χ4v) is 5.04. The number of ether oxygens (including phenoxy) is 2. The Balaban J connectivity index is 1.46. The molecule has 2 aliphatic heterocycles. The van der Waals surface area contributed by atoms with Gasteiger partial charge in [-0.1, -0.05) is 0 Å². The standard InChI is InChI=1S/C18H22F4N6O4S/c1-27-8-12(6-24-27)33(29,30)28-4-2-15(14(19)9-28)25-17-23-7-13(18(20,21)22)16(26-17)32-11-3-5-31-10-11/h6-8,11,14-15H,2-5,9-10H2,1H3,(H,23,25,26)/t11-,14+,15-/m0/s1. The van der Waals surface area contributed by atoms with Crippen LogP contribution in [0.1, 0.15) is 18.4 Å². The molecule has 0 unspecified atom stereocenters. The van der Waals surface area contributed by atoms with E-state index in [1.54, 1.807) is 7.05 Å². The number of nitrogens with one attached hydrogen (secondary N) is 1. The number of aryl methyl sites for hydroxylation is 1. The van der Waals surface area contributed by atoms with Crippen molar-refractivity contribution in [3.63, 3.8) is 0 Å². The van der Waals surface area contributed by atoms with Crippen molar-refractivity contribution >= 4 is 16.0 Å². The van der Waals surface area contributed by atoms with Crippen LogP contribution in [-0.4, -0.2) is 77.1 Å². The molecule has 0 bridgehead atoms. The molecule has 2 aromatic rings. The molecule has 182 valence electrons. The normalized spacial score (nSPS) is 24.7. The van der Waals surface area contributed by atoms with Crippen LogP contribution in [0.5, 0.6) is 5.88 Å². The zero-order valence-corrected chi connectivity index (χ0v) is 18.3. The third-order valence-corrected chi connectivity index (χ3v) is 7.18. The van der Waals surface area contributed by atoms with E-state index in [1.807, 2.05) is 0 Å². The molecule has 15 heteroatoms. The van der Waals surface area contributed by atoms with Gasteiger partial charge in [0.15, 0.2) is 0 Å². The highest BCUT2D eigenvalue weighted by Crippen LogP contribution is 2.36. The molecular formula is C18H22F4N6O4S. The first-order valence-corrected chi connectivity index (χ1v) is 11.6. The second-order valence-corrected chi connectivity index (χ2v) is 9.72. The Morgan fingerprint density at radius 1 is 1.27 bits per heavy atom. The maximum atomic E-state index is 14.9. The Hall–Kier alpha value is -2.52. The molecule has 4 rings (SSSR count). The zero-order valence-electron chi connectivity index (χ0n) is 17.5. The minimum absolute atomic E-state index is 0.00127. The quantitative estimate of drug-likeness (QED) is 0.603. The summed E-state index contributed by atoms with van der Waals surface area (Å²) in [5.41, 5.74) is -1.14. The van der Waals surface area contributed by atoms with E-state index in [2.05, 4.69) is 20.4 Å². The lowest BCUT2D eigenvalue weighted by Gasteiger charge is -2.34. The summed E-state index contributed by atoms with van der Waals surface area (Å²) in [6, 6.07) is -0.898. The van der Waals surface area contributed by atoms with Gasteiger partial charge in [0.2, 0.25) is 21.9 Å². The number of sulfonamides is 1. The van der Waals surface area contributed by atoms with Gasteiger partial charge in [0.1, 0.15) is 22.7 Å². The fraction of sp³-hybridized carbons (Fsp3) is 0.611. The molecule has 0 aromatic carbocycles. The number of hydrogen-bond donors (Lipinski definition) is 1. The summed E-state index contributed by atoms with van der Waals surface area (Å²) in [5, 5.41) is 6.50. The summed E-state index contributed by atoms with van der Waals surface area (Å²) < 4.78 is 93.0. The monoisotopic (exact) mass is 494 g/mol. The summed E-state index contributed by atoms with van der Waals surface area (Å²) in [7, 11) is -2.35. The fourth-order valence-electron chi connectivity index (χ4n) is 3.59. The maximum absolute atomic E-state index is 14.9. The van der Waals surface area contributed by atoms with E-state index in [1.165, 1.54) is 17.1 Å². The molecule has 0 spiro atoms. The van der Waals surface area contributed by atoms with Gasteiger partial charge in [-0.05, 0) is 6.42 Å². The Morgan fingerprint density at radius 2 is 2.06 bits per heavy atom. The third-order valence-electron chi connectivity index (χ3n) is 5.36. The minimum atomic E-state index is -4.73. The number of piperidine rings is 1. The lowest BCUT2D eigenvalue weighted by Crippen LogP contribution is -2.50. The van der Waals surface area contributed by atoms with Crippen molar-refractivity contribution in [1.29, 1.82) is 0 Å². The van der Waals surface area contributed by atoms with Crippen LogP contribution in [0.15, 0.2) is 23.5 Å². The van der Waals surface area contributed by atoms with Crippen molar-refractivity contribution in [2.75, 3.05) is 31.6 Å². The first kappa shape index (κ1) is 23.6. The van der Waals surface area contributed by atoms with Gasteiger partial charge in [-0.25, -0.2) is 17.8 Å². The molecule has 4 heterocycles. The second-order valence-electron chi connectivity index (χ2n) is 7.78. The van der Waals surface area contributed by atoms with Gasteiger partial charge in [-0.3, -0.25) is 4.68 Å². The number of rotatable bonds is 6. The molecule has 10 nitrogen and oxygen atoms in total. The average molecular weight is 494 g/mol. The van der Waals surface area contributed by atoms with E-state index in [0.717, 1.165) is 4.31 Å². The summed E-state index contributed by atoms with van der Waals surface area (Å²) in [5.74, 6) is -0.907. The Kier molecular flexibility index (Phi) is 6.46. The van der Waals surface area contributed by atoms with Crippen molar-refractivity contribution in [1.82, 2.24) is 24.1 Å². The topological polar surface area (TPSA) is 111 Å². The number of alkyl halides is 4. The van der Waals surface area contributed by atoms with Crippen molar-refractivity contribution in [3.05, 3.63) is 24.2 Å². The van der Waals surface area contributed by atoms with Crippen LogP contribution in [-0.2, 0) is 28.0 Å². The third kappa shape index (κ3) is 5.19. The molecule has 0 radical (unpaired) electrons. The van der Waals surface area contributed by atoms with Gasteiger partial charge in [-0.2, -0.15) is 27.6 Å². The Morgan fingerprint density at radius 3 is 2.67 bits per heavy atom. The largest absolute Gasteiger partial charge is 0.471 e. The lowest BCUT2D eigenvalue weighted by atomic mass is 10.1. The van der Waals surface area contributed by atoms with Crippen molar-refractivity contribution in [3.8, 4) is 5.88 Å². The van der Waals surface area contributed by atoms with Crippen LogP contribution in [0.25, 0.3) is 0 Å². The van der Waals surface area contributed by atoms with Crippen LogP contribution in [0.4, 0.5) is 23.5 Å². The maximum Gasteiger partial charge on any atom is 0.423 e. The van der Waals surface area contributed by atoms with Crippen LogP contribution >= 0.6 is 0 Å². The van der Waals surface area contributed by atoms with Crippen molar-refractivity contribution in [2.45, 2.75) is 42.2 Å². The first-order valence-electron chi connectivity index (χ1n) is 10.1. The van der Waals surface area contributed by atoms with Crippen LogP contribution < -0.4 is 10.1 Å². The molecule has 2 aromatic heterocycles. The van der Waals surface area contributed by atoms with E-state index < -0.39 is 52.5 Å². The molecule has 0 aliphatic carbocycles. The second kappa shape index (κ2) is 9.02. The number of anilines is 1. The summed E-state index contributed by atoms with van der Waals surface area (Å²) >= 11 is 0. The summed E-state index contributed by atoms with van der Waals surface area (Å²) in [6.07, 6.45) is -3.41. The van der Waals surface area contributed by atoms with Crippen LogP contribution in [0.2, 0.25) is 0 Å². The van der Waals surface area contributed by atoms with Crippen molar-refractivity contribution in [2.24, 2.45) is 7.05 Å². The molecule has 2 aliphatic rings. The van der Waals surface area contributed by atoms with E-state index in [0.29, 0.717) is 19.2 Å². The van der Waals surface area contributed by atoms with Gasteiger partial charge in [0.05, 0.1) is 25.5 Å². The first-order chi connectivity index (χ1) is 15.5. The van der Waals surface area contributed by atoms with Crippen LogP contribution in [0, 0.1) is 0 Å². The highest BCUT2D eigenvalue weighted by molar-refractivity contribution is 7.89. The average Bonchev–Trinajstić information content (AvgIpc) is 3.41. The molecule has 2 saturated heterocycles. The minimum Gasteiger partial charge on any atom is -0.471 e. The number of aromatic nitrogens is 4. The Labute approximate surface area is 186 Å². The lowest BCUT2D eigenvalue weighted by molar-refractivity contribution is -0.139. The van der Waals surface area contributed by atoms with E-state index in [9.17, 15) is 26.0 Å². The van der Waals surface area contributed by atoms with E-state index in [-0.39, 0.29) is 30.4 Å². The van der Waals surface area contributed by atoms with Gasteiger partial charge in [0, 0.05) is 39.0 Å². The van der Waals surface area contributed by atoms with E-state index >= 15 is 0 Å². The van der Waals surface area contributed by atoms with Gasteiger partial charge in [0.25, 0.3) is 0 Å². The molecule has 0 saturated carbocycles. The molecule has 1 N–H and O–H groups in total. The molecule has 2 fully saturated rings. The molecule has 0 amide bonds. The predicted molar refractivity (Wildman–Crippen MR) is 106 cm³/mol. The van der Waals surface area contributed by atoms with Gasteiger partial charge >= 0.3 is 6.18 Å². The van der Waals surface area contributed by atoms with Crippen LogP contribution in [0.3, 0.4) is 0 Å². The van der Waals surface area contributed by atoms with Gasteiger partial charge < -0.3 is 14.8 Å². The SMILES string of the molecule is Cn1cc(S(=O)(=O)N2CC[C@H](Nc3ncc(C(F)(F)F)c(O[C@H]4CCOC4)n3)[C@H](F)C2)cn1. The summed E-state index contributed by atoms with van der Waals surface area (Å²) in [6.45, 7) is 0.0732. The highest BCUT2D eigenvalue weighted by Gasteiger charge is 2.39. The van der Waals surface area contributed by atoms with Crippen molar-refractivity contribution < 1.29 is 35.5 Å². The number of nitrogens with zero attached hydrogens (tertiary/aromatic N) is 5. The zero-order chi connectivity index (χ0) is 23.8. The molecular weight excluding hydrogens is 472 g/mol. The Bertz CT molecular complexity index is 1090. The molecule has 33 heavy (non-hydrogen) atoms. The van der Waals surface area contributed by atoms with E-state index in [4.69, 9.17) is 9.47 Å². The van der Waals surface area contributed by atoms with Gasteiger partial charge in [-0.15, -0.1) is 0 Å².